The van der Waals surface area contributed by atoms with Gasteiger partial charge in [0.05, 0.1) is 23.2 Å². The lowest BCUT2D eigenvalue weighted by molar-refractivity contribution is -0.192. The summed E-state index contributed by atoms with van der Waals surface area (Å²) in [6, 6.07) is 11.4. The molecule has 7 nitrogen and oxygen atoms in total. The number of aryl methyl sites for hydroxylation is 1. The molecule has 2 aliphatic rings. The summed E-state index contributed by atoms with van der Waals surface area (Å²) in [5.74, 6) is -3.18. The van der Waals surface area contributed by atoms with Gasteiger partial charge >= 0.3 is 12.1 Å². The van der Waals surface area contributed by atoms with Crippen LogP contribution in [0.1, 0.15) is 17.7 Å². The average Bonchev–Trinajstić information content (AvgIpc) is 3.41. The number of anilines is 2. The third kappa shape index (κ3) is 3.72. The number of carbonyl (C=O) groups excluding carboxylic acids is 2. The topological polar surface area (TPSA) is 99.6 Å². The quantitative estimate of drug-likeness (QED) is 0.777. The van der Waals surface area contributed by atoms with Gasteiger partial charge in [0.25, 0.3) is 0 Å². The lowest BCUT2D eigenvalue weighted by atomic mass is 9.94. The highest BCUT2D eigenvalue weighted by molar-refractivity contribution is 6.15. The van der Waals surface area contributed by atoms with E-state index in [2.05, 4.69) is 10.3 Å². The van der Waals surface area contributed by atoms with Gasteiger partial charge in [0.2, 0.25) is 11.8 Å². The molecule has 2 heterocycles. The zero-order valence-electron chi connectivity index (χ0n) is 16.0. The number of nitrogens with one attached hydrogen (secondary N) is 1. The Labute approximate surface area is 169 Å². The number of pyridine rings is 1. The molecule has 0 radical (unpaired) electrons. The van der Waals surface area contributed by atoms with Crippen molar-refractivity contribution in [3.63, 3.8) is 0 Å². The maximum absolute atomic E-state index is 12.7. The number of likely N-dealkylation sites (N-methyl/N-ethyl adjacent to an activating group) is 1. The van der Waals surface area contributed by atoms with Crippen LogP contribution >= 0.6 is 0 Å². The number of aromatic nitrogens is 1. The van der Waals surface area contributed by atoms with Crippen molar-refractivity contribution < 1.29 is 32.7 Å². The molecule has 4 rings (SSSR count). The molecule has 1 spiro atoms. The highest BCUT2D eigenvalue weighted by atomic mass is 19.4. The number of aliphatic carboxylic acids is 1. The van der Waals surface area contributed by atoms with Gasteiger partial charge in [0.1, 0.15) is 0 Å². The van der Waals surface area contributed by atoms with E-state index in [-0.39, 0.29) is 17.7 Å². The molecule has 2 unspecified atom stereocenters. The van der Waals surface area contributed by atoms with Crippen molar-refractivity contribution in [2.24, 2.45) is 5.92 Å². The zero-order chi connectivity index (χ0) is 22.3. The van der Waals surface area contributed by atoms with Gasteiger partial charge in [-0.25, -0.2) is 4.79 Å². The SMILES string of the molecule is Cc1ccc(NC(=O)C2CC23C(=O)N(C)c2ccccc23)cn1.O=C(O)C(F)(F)F. The number of para-hydroxylation sites is 1. The minimum atomic E-state index is -5.08. The summed E-state index contributed by atoms with van der Waals surface area (Å²) in [6.45, 7) is 1.89. The molecule has 1 aliphatic carbocycles. The normalized spacial score (nSPS) is 21.6. The number of hydrogen-bond donors (Lipinski definition) is 2. The third-order valence-corrected chi connectivity index (χ3v) is 5.13. The van der Waals surface area contributed by atoms with Crippen LogP contribution in [0.3, 0.4) is 0 Å². The first-order valence-corrected chi connectivity index (χ1v) is 8.90. The Morgan fingerprint density at radius 1 is 1.23 bits per heavy atom. The highest BCUT2D eigenvalue weighted by Gasteiger charge is 2.69. The van der Waals surface area contributed by atoms with Crippen molar-refractivity contribution in [1.82, 2.24) is 4.98 Å². The first-order valence-electron chi connectivity index (χ1n) is 8.90. The summed E-state index contributed by atoms with van der Waals surface area (Å²) < 4.78 is 31.7. The molecule has 2 N–H and O–H groups in total. The number of carbonyl (C=O) groups is 3. The van der Waals surface area contributed by atoms with Gasteiger partial charge < -0.3 is 15.3 Å². The zero-order valence-corrected chi connectivity index (χ0v) is 16.0. The molecule has 0 bridgehead atoms. The fraction of sp³-hybridized carbons (Fsp3) is 0.300. The predicted octanol–water partition coefficient (Wildman–Crippen LogP) is 2.90. The Balaban J connectivity index is 0.000000318. The Bertz CT molecular complexity index is 1010. The third-order valence-electron chi connectivity index (χ3n) is 5.13. The summed E-state index contributed by atoms with van der Waals surface area (Å²) in [4.78, 5) is 40.0. The van der Waals surface area contributed by atoms with Crippen LogP contribution in [0.4, 0.5) is 24.5 Å². The van der Waals surface area contributed by atoms with Crippen molar-refractivity contribution >= 4 is 29.2 Å². The molecule has 2 aromatic rings. The second kappa shape index (κ2) is 7.43. The van der Waals surface area contributed by atoms with Crippen LogP contribution in [-0.4, -0.2) is 41.1 Å². The van der Waals surface area contributed by atoms with Crippen LogP contribution in [0.15, 0.2) is 42.6 Å². The lowest BCUT2D eigenvalue weighted by Crippen LogP contribution is -2.32. The van der Waals surface area contributed by atoms with E-state index >= 15 is 0 Å². The van der Waals surface area contributed by atoms with Crippen LogP contribution in [-0.2, 0) is 19.8 Å². The van der Waals surface area contributed by atoms with Gasteiger partial charge in [0, 0.05) is 18.4 Å². The highest BCUT2D eigenvalue weighted by Crippen LogP contribution is 2.61. The number of nitrogens with zero attached hydrogens (tertiary/aromatic N) is 2. The Morgan fingerprint density at radius 2 is 1.87 bits per heavy atom. The fourth-order valence-electron chi connectivity index (χ4n) is 3.55. The first-order chi connectivity index (χ1) is 14.0. The van der Waals surface area contributed by atoms with Crippen LogP contribution in [0.5, 0.6) is 0 Å². The van der Waals surface area contributed by atoms with Crippen LogP contribution in [0.2, 0.25) is 0 Å². The Kier molecular flexibility index (Phi) is 5.27. The smallest absolute Gasteiger partial charge is 0.475 e. The Morgan fingerprint density at radius 3 is 2.43 bits per heavy atom. The van der Waals surface area contributed by atoms with E-state index in [4.69, 9.17) is 9.90 Å². The number of alkyl halides is 3. The van der Waals surface area contributed by atoms with E-state index in [1.165, 1.54) is 0 Å². The van der Waals surface area contributed by atoms with E-state index in [0.717, 1.165) is 16.9 Å². The molecule has 2 atom stereocenters. The van der Waals surface area contributed by atoms with Gasteiger partial charge in [0.15, 0.2) is 0 Å². The number of benzene rings is 1. The van der Waals surface area contributed by atoms with Crippen molar-refractivity contribution in [3.8, 4) is 0 Å². The summed E-state index contributed by atoms with van der Waals surface area (Å²) >= 11 is 0. The maximum Gasteiger partial charge on any atom is 0.490 e. The van der Waals surface area contributed by atoms with Gasteiger partial charge in [-0.15, -0.1) is 0 Å². The summed E-state index contributed by atoms with van der Waals surface area (Å²) in [5, 5.41) is 10.0. The molecular weight excluding hydrogens is 403 g/mol. The molecule has 1 aromatic heterocycles. The van der Waals surface area contributed by atoms with Crippen molar-refractivity contribution in [2.75, 3.05) is 17.3 Å². The average molecular weight is 421 g/mol. The van der Waals surface area contributed by atoms with E-state index in [9.17, 15) is 22.8 Å². The van der Waals surface area contributed by atoms with Crippen LogP contribution < -0.4 is 10.2 Å². The molecule has 10 heteroatoms. The summed E-state index contributed by atoms with van der Waals surface area (Å²) in [5.41, 5.74) is 2.76. The molecular formula is C20H18F3N3O4. The number of carboxylic acids is 1. The molecule has 0 saturated heterocycles. The molecule has 1 aliphatic heterocycles. The van der Waals surface area contributed by atoms with E-state index in [1.807, 2.05) is 43.3 Å². The molecule has 30 heavy (non-hydrogen) atoms. The number of halogens is 3. The monoisotopic (exact) mass is 421 g/mol. The molecule has 1 aromatic carbocycles. The minimum absolute atomic E-state index is 0.0147. The molecule has 1 fully saturated rings. The van der Waals surface area contributed by atoms with Crippen molar-refractivity contribution in [3.05, 3.63) is 53.9 Å². The van der Waals surface area contributed by atoms with E-state index in [1.54, 1.807) is 18.1 Å². The number of fused-ring (bicyclic) bond motifs is 2. The predicted molar refractivity (Wildman–Crippen MR) is 101 cm³/mol. The number of rotatable bonds is 2. The van der Waals surface area contributed by atoms with Gasteiger partial charge in [-0.1, -0.05) is 18.2 Å². The molecule has 2 amide bonds. The standard InChI is InChI=1S/C18H17N3O2.C2HF3O2/c1-11-7-8-12(10-19-11)20-16(22)14-9-18(14)13-5-3-4-6-15(13)21(2)17(18)23;3-2(4,5)1(6)7/h3-8,10,14H,9H2,1-2H3,(H,20,22);(H,6,7). The number of amides is 2. The molecule has 158 valence electrons. The van der Waals surface area contributed by atoms with Gasteiger partial charge in [-0.3, -0.25) is 14.6 Å². The van der Waals surface area contributed by atoms with Crippen molar-refractivity contribution in [1.29, 1.82) is 0 Å². The maximum atomic E-state index is 12.7. The molecule has 1 saturated carbocycles. The summed E-state index contributed by atoms with van der Waals surface area (Å²) in [7, 11) is 1.77. The second-order valence-electron chi connectivity index (χ2n) is 7.09. The summed E-state index contributed by atoms with van der Waals surface area (Å²) in [6.07, 6.45) is -2.88. The van der Waals surface area contributed by atoms with Crippen LogP contribution in [0, 0.1) is 12.8 Å². The van der Waals surface area contributed by atoms with Gasteiger partial charge in [-0.05, 0) is 37.1 Å². The first kappa shape index (κ1) is 21.3. The second-order valence-corrected chi connectivity index (χ2v) is 7.09. The van der Waals surface area contributed by atoms with Crippen molar-refractivity contribution in [2.45, 2.75) is 24.9 Å². The largest absolute Gasteiger partial charge is 0.490 e. The van der Waals surface area contributed by atoms with E-state index in [0.29, 0.717) is 12.1 Å². The van der Waals surface area contributed by atoms with Crippen LogP contribution in [0.25, 0.3) is 0 Å². The Hall–Kier alpha value is -3.43. The number of hydrogen-bond acceptors (Lipinski definition) is 4. The fourth-order valence-corrected chi connectivity index (χ4v) is 3.55. The lowest BCUT2D eigenvalue weighted by Gasteiger charge is -2.11. The minimum Gasteiger partial charge on any atom is -0.475 e. The van der Waals surface area contributed by atoms with E-state index < -0.39 is 17.6 Å². The van der Waals surface area contributed by atoms with Gasteiger partial charge in [-0.2, -0.15) is 13.2 Å². The number of carboxylic acid groups (broad SMARTS) is 1.